The highest BCUT2D eigenvalue weighted by atomic mass is 19.1. The smallest absolute Gasteiger partial charge is 0.232 e. The van der Waals surface area contributed by atoms with Crippen LogP contribution in [-0.4, -0.2) is 48.8 Å². The van der Waals surface area contributed by atoms with Crippen molar-refractivity contribution in [3.05, 3.63) is 35.6 Å². The Bertz CT molecular complexity index is 589. The van der Waals surface area contributed by atoms with Crippen LogP contribution in [0.3, 0.4) is 0 Å². The summed E-state index contributed by atoms with van der Waals surface area (Å²) in [5.74, 6) is -1.38. The van der Waals surface area contributed by atoms with Crippen molar-refractivity contribution in [3.8, 4) is 0 Å². The summed E-state index contributed by atoms with van der Waals surface area (Å²) < 4.78 is 24.1. The third-order valence-electron chi connectivity index (χ3n) is 4.41. The Morgan fingerprint density at radius 2 is 1.75 bits per heavy atom. The van der Waals surface area contributed by atoms with E-state index in [0.717, 1.165) is 5.56 Å². The summed E-state index contributed by atoms with van der Waals surface area (Å²) in [6.07, 6.45) is 1.09. The molecule has 0 aromatic heterocycles. The van der Waals surface area contributed by atoms with Gasteiger partial charge in [0.25, 0.3) is 0 Å². The van der Waals surface area contributed by atoms with Crippen LogP contribution in [0.15, 0.2) is 24.3 Å². The van der Waals surface area contributed by atoms with Crippen molar-refractivity contribution in [2.45, 2.75) is 31.6 Å². The van der Waals surface area contributed by atoms with Crippen LogP contribution >= 0.6 is 0 Å². The first-order valence-corrected chi connectivity index (χ1v) is 8.13. The van der Waals surface area contributed by atoms with Gasteiger partial charge in [-0.1, -0.05) is 12.1 Å². The van der Waals surface area contributed by atoms with Gasteiger partial charge in [0.2, 0.25) is 11.8 Å². The van der Waals surface area contributed by atoms with Crippen molar-refractivity contribution in [1.29, 1.82) is 0 Å². The van der Waals surface area contributed by atoms with Gasteiger partial charge >= 0.3 is 0 Å². The van der Waals surface area contributed by atoms with Gasteiger partial charge in [-0.3, -0.25) is 9.59 Å². The Kier molecular flexibility index (Phi) is 5.11. The van der Waals surface area contributed by atoms with Crippen LogP contribution in [0.2, 0.25) is 0 Å². The van der Waals surface area contributed by atoms with Gasteiger partial charge in [0.15, 0.2) is 5.79 Å². The zero-order chi connectivity index (χ0) is 17.0. The van der Waals surface area contributed by atoms with Gasteiger partial charge in [0.1, 0.15) is 12.2 Å². The average Bonchev–Trinajstić information content (AvgIpc) is 3.03. The highest BCUT2D eigenvalue weighted by molar-refractivity contribution is 5.96. The summed E-state index contributed by atoms with van der Waals surface area (Å²) in [4.78, 5) is 25.8. The molecule has 0 unspecified atom stereocenters. The third-order valence-corrected chi connectivity index (χ3v) is 4.41. The topological polar surface area (TPSA) is 67.9 Å². The van der Waals surface area contributed by atoms with Gasteiger partial charge in [0.05, 0.1) is 13.2 Å². The maximum Gasteiger partial charge on any atom is 0.232 e. The fourth-order valence-corrected chi connectivity index (χ4v) is 3.00. The zero-order valence-electron chi connectivity index (χ0n) is 13.4. The number of rotatable bonds is 4. The third kappa shape index (κ3) is 4.10. The molecular weight excluding hydrogens is 315 g/mol. The Morgan fingerprint density at radius 1 is 1.12 bits per heavy atom. The largest absolute Gasteiger partial charge is 0.352 e. The van der Waals surface area contributed by atoms with E-state index in [1.165, 1.54) is 12.1 Å². The summed E-state index contributed by atoms with van der Waals surface area (Å²) in [6.45, 7) is 2.53. The van der Waals surface area contributed by atoms with Crippen LogP contribution < -0.4 is 5.32 Å². The molecule has 0 aliphatic carbocycles. The van der Waals surface area contributed by atoms with E-state index < -0.39 is 5.79 Å². The average molecular weight is 336 g/mol. The molecule has 7 heteroatoms. The summed E-state index contributed by atoms with van der Waals surface area (Å²) in [5, 5.41) is 2.68. The van der Waals surface area contributed by atoms with E-state index in [2.05, 4.69) is 5.32 Å². The molecular formula is C17H21FN2O4. The molecule has 2 aliphatic heterocycles. The predicted molar refractivity (Wildman–Crippen MR) is 83.3 cm³/mol. The molecule has 6 nitrogen and oxygen atoms in total. The number of amides is 2. The number of halogens is 1. The Labute approximate surface area is 139 Å². The highest BCUT2D eigenvalue weighted by Gasteiger charge is 2.40. The minimum atomic E-state index is -0.526. The molecule has 1 spiro atoms. The van der Waals surface area contributed by atoms with E-state index in [-0.39, 0.29) is 30.6 Å². The van der Waals surface area contributed by atoms with E-state index in [4.69, 9.17) is 9.47 Å². The minimum absolute atomic E-state index is 0.185. The Balaban J connectivity index is 1.41. The van der Waals surface area contributed by atoms with E-state index >= 15 is 0 Å². The molecule has 2 aliphatic rings. The number of nitrogens with zero attached hydrogens (tertiary/aromatic N) is 1. The lowest BCUT2D eigenvalue weighted by atomic mass is 10.0. The van der Waals surface area contributed by atoms with Crippen LogP contribution in [-0.2, 0) is 25.6 Å². The van der Waals surface area contributed by atoms with Crippen LogP contribution in [0.5, 0.6) is 0 Å². The van der Waals surface area contributed by atoms with E-state index in [1.807, 2.05) is 0 Å². The molecule has 0 radical (unpaired) electrons. The Morgan fingerprint density at radius 3 is 2.38 bits per heavy atom. The maximum absolute atomic E-state index is 12.8. The molecule has 24 heavy (non-hydrogen) atoms. The minimum Gasteiger partial charge on any atom is -0.352 e. The lowest BCUT2D eigenvalue weighted by Crippen LogP contribution is -2.48. The van der Waals surface area contributed by atoms with Crippen LogP contribution in [0.4, 0.5) is 4.39 Å². The van der Waals surface area contributed by atoms with Crippen molar-refractivity contribution < 1.29 is 23.5 Å². The van der Waals surface area contributed by atoms with Gasteiger partial charge in [0, 0.05) is 32.5 Å². The molecule has 0 bridgehead atoms. The van der Waals surface area contributed by atoms with Crippen LogP contribution in [0, 0.1) is 5.82 Å². The SMILES string of the molecule is O=C(CC(=O)N1CCC2(CC1)OCCO2)NCc1ccc(F)cc1. The molecule has 1 N–H and O–H groups in total. The van der Waals surface area contributed by atoms with Gasteiger partial charge < -0.3 is 19.7 Å². The summed E-state index contributed by atoms with van der Waals surface area (Å²) in [6, 6.07) is 5.87. The lowest BCUT2D eigenvalue weighted by molar-refractivity contribution is -0.187. The second kappa shape index (κ2) is 7.27. The number of piperidine rings is 1. The van der Waals surface area contributed by atoms with E-state index in [1.54, 1.807) is 17.0 Å². The summed E-state index contributed by atoms with van der Waals surface area (Å²) >= 11 is 0. The van der Waals surface area contributed by atoms with Crippen LogP contribution in [0.1, 0.15) is 24.8 Å². The zero-order valence-corrected chi connectivity index (χ0v) is 13.4. The number of nitrogens with one attached hydrogen (secondary N) is 1. The van der Waals surface area contributed by atoms with E-state index in [9.17, 15) is 14.0 Å². The number of hydrogen-bond donors (Lipinski definition) is 1. The number of benzene rings is 1. The molecule has 130 valence electrons. The Hall–Kier alpha value is -1.99. The standard InChI is InChI=1S/C17H21FN2O4/c18-14-3-1-13(2-4-14)12-19-15(21)11-16(22)20-7-5-17(6-8-20)23-9-10-24-17/h1-4H,5-12H2,(H,19,21). The summed E-state index contributed by atoms with van der Waals surface area (Å²) in [5.41, 5.74) is 0.785. The normalized spacial score (nSPS) is 19.5. The van der Waals surface area contributed by atoms with Crippen molar-refractivity contribution in [2.75, 3.05) is 26.3 Å². The molecule has 1 aromatic rings. The first-order chi connectivity index (χ1) is 11.6. The second-order valence-electron chi connectivity index (χ2n) is 6.07. The molecule has 0 saturated carbocycles. The van der Waals surface area contributed by atoms with Crippen LogP contribution in [0.25, 0.3) is 0 Å². The lowest BCUT2D eigenvalue weighted by Gasteiger charge is -2.37. The number of carbonyl (C=O) groups is 2. The van der Waals surface area contributed by atoms with Gasteiger partial charge in [-0.2, -0.15) is 0 Å². The molecule has 0 atom stereocenters. The molecule has 3 rings (SSSR count). The number of carbonyl (C=O) groups excluding carboxylic acids is 2. The van der Waals surface area contributed by atoms with E-state index in [0.29, 0.717) is 39.1 Å². The second-order valence-corrected chi connectivity index (χ2v) is 6.07. The van der Waals surface area contributed by atoms with Crippen molar-refractivity contribution in [1.82, 2.24) is 10.2 Å². The quantitative estimate of drug-likeness (QED) is 0.839. The number of likely N-dealkylation sites (tertiary alicyclic amines) is 1. The molecule has 1 aromatic carbocycles. The first kappa shape index (κ1) is 16.9. The van der Waals surface area contributed by atoms with Gasteiger partial charge in [-0.05, 0) is 17.7 Å². The highest BCUT2D eigenvalue weighted by Crippen LogP contribution is 2.31. The molecule has 2 fully saturated rings. The van der Waals surface area contributed by atoms with Crippen molar-refractivity contribution in [2.24, 2.45) is 0 Å². The van der Waals surface area contributed by atoms with Gasteiger partial charge in [-0.15, -0.1) is 0 Å². The fraction of sp³-hybridized carbons (Fsp3) is 0.529. The first-order valence-electron chi connectivity index (χ1n) is 8.13. The van der Waals surface area contributed by atoms with Crippen molar-refractivity contribution >= 4 is 11.8 Å². The number of hydrogen-bond acceptors (Lipinski definition) is 4. The number of ether oxygens (including phenoxy) is 2. The van der Waals surface area contributed by atoms with Crippen molar-refractivity contribution in [3.63, 3.8) is 0 Å². The molecule has 2 saturated heterocycles. The van der Waals surface area contributed by atoms with Gasteiger partial charge in [-0.25, -0.2) is 4.39 Å². The fourth-order valence-electron chi connectivity index (χ4n) is 3.00. The monoisotopic (exact) mass is 336 g/mol. The maximum atomic E-state index is 12.8. The molecule has 2 amide bonds. The molecule has 2 heterocycles. The summed E-state index contributed by atoms with van der Waals surface area (Å²) in [7, 11) is 0. The predicted octanol–water partition coefficient (Wildman–Crippen LogP) is 1.20.